The average Bonchev–Trinajstić information content (AvgIpc) is 3.32. The van der Waals surface area contributed by atoms with E-state index >= 15 is 0 Å². The number of halogens is 1. The zero-order chi connectivity index (χ0) is 22.0. The zero-order valence-corrected chi connectivity index (χ0v) is 20.0. The predicted octanol–water partition coefficient (Wildman–Crippen LogP) is 5.62. The molecule has 31 heavy (non-hydrogen) atoms. The molecule has 0 radical (unpaired) electrons. The van der Waals surface area contributed by atoms with Crippen LogP contribution >= 0.6 is 27.3 Å². The highest BCUT2D eigenvalue weighted by Gasteiger charge is 2.22. The Hall–Kier alpha value is -2.71. The molecule has 0 aliphatic heterocycles. The first kappa shape index (κ1) is 21.5. The van der Waals surface area contributed by atoms with Crippen molar-refractivity contribution in [3.63, 3.8) is 0 Å². The van der Waals surface area contributed by atoms with Gasteiger partial charge in [0.15, 0.2) is 5.13 Å². The highest BCUT2D eigenvalue weighted by Crippen LogP contribution is 2.35. The van der Waals surface area contributed by atoms with Crippen LogP contribution in [-0.4, -0.2) is 33.8 Å². The van der Waals surface area contributed by atoms with Gasteiger partial charge in [0.05, 0.1) is 23.5 Å². The van der Waals surface area contributed by atoms with Crippen molar-refractivity contribution in [1.29, 1.82) is 0 Å². The number of nitrogens with zero attached hydrogens (tertiary/aromatic N) is 4. The monoisotopic (exact) mass is 498 g/mol. The zero-order valence-electron chi connectivity index (χ0n) is 17.6. The normalized spacial score (nSPS) is 11.1. The summed E-state index contributed by atoms with van der Waals surface area (Å²) in [6.45, 7) is 7.54. The molecule has 160 valence electrons. The Morgan fingerprint density at radius 2 is 1.97 bits per heavy atom. The van der Waals surface area contributed by atoms with Crippen molar-refractivity contribution in [3.05, 3.63) is 70.0 Å². The number of aryl methyl sites for hydroxylation is 2. The summed E-state index contributed by atoms with van der Waals surface area (Å²) in [7, 11) is 0. The minimum atomic E-state index is -0.0916. The van der Waals surface area contributed by atoms with Gasteiger partial charge in [0.2, 0.25) is 0 Å². The minimum Gasteiger partial charge on any atom is -0.492 e. The molecule has 2 aromatic carbocycles. The second-order valence-electron chi connectivity index (χ2n) is 7.15. The second-order valence-corrected chi connectivity index (χ2v) is 9.07. The number of para-hydroxylation sites is 1. The number of hydrogen-bond acceptors (Lipinski definition) is 5. The third-order valence-electron chi connectivity index (χ3n) is 4.88. The molecule has 0 spiro atoms. The van der Waals surface area contributed by atoms with Gasteiger partial charge >= 0.3 is 0 Å². The summed E-state index contributed by atoms with van der Waals surface area (Å²) in [5, 5.41) is 5.19. The number of anilines is 1. The largest absolute Gasteiger partial charge is 0.492 e. The Bertz CT molecular complexity index is 1220. The molecule has 0 aliphatic carbocycles. The van der Waals surface area contributed by atoms with Crippen molar-refractivity contribution in [2.24, 2.45) is 0 Å². The number of hydrogen-bond donors (Lipinski definition) is 0. The molecule has 0 unspecified atom stereocenters. The van der Waals surface area contributed by atoms with Crippen LogP contribution in [0.5, 0.6) is 5.75 Å². The maximum atomic E-state index is 13.5. The number of benzene rings is 2. The Morgan fingerprint density at radius 1 is 1.19 bits per heavy atom. The van der Waals surface area contributed by atoms with Gasteiger partial charge in [-0.2, -0.15) is 5.10 Å². The third-order valence-corrected chi connectivity index (χ3v) is 6.45. The smallest absolute Gasteiger partial charge is 0.260 e. The van der Waals surface area contributed by atoms with Gasteiger partial charge in [0, 0.05) is 22.3 Å². The number of fused-ring (bicyclic) bond motifs is 1. The van der Waals surface area contributed by atoms with Crippen LogP contribution in [0.1, 0.15) is 28.7 Å². The van der Waals surface area contributed by atoms with E-state index in [4.69, 9.17) is 9.72 Å². The summed E-state index contributed by atoms with van der Waals surface area (Å²) in [6, 6.07) is 15.3. The Balaban J connectivity index is 1.71. The Kier molecular flexibility index (Phi) is 6.38. The number of thiazole rings is 1. The van der Waals surface area contributed by atoms with Crippen molar-refractivity contribution < 1.29 is 9.53 Å². The lowest BCUT2D eigenvalue weighted by Gasteiger charge is -2.20. The van der Waals surface area contributed by atoms with E-state index in [0.29, 0.717) is 30.4 Å². The van der Waals surface area contributed by atoms with Crippen LogP contribution in [-0.2, 0) is 6.54 Å². The van der Waals surface area contributed by atoms with Gasteiger partial charge in [-0.05, 0) is 63.2 Å². The fourth-order valence-electron chi connectivity index (χ4n) is 3.43. The maximum absolute atomic E-state index is 13.5. The molecule has 8 heteroatoms. The molecule has 4 aromatic rings. The second kappa shape index (κ2) is 9.20. The summed E-state index contributed by atoms with van der Waals surface area (Å²) >= 11 is 4.92. The lowest BCUT2D eigenvalue weighted by atomic mass is 10.2. The molecule has 6 nitrogen and oxygen atoms in total. The van der Waals surface area contributed by atoms with Gasteiger partial charge in [0.1, 0.15) is 11.3 Å². The molecule has 1 amide bonds. The molecule has 4 rings (SSSR count). The maximum Gasteiger partial charge on any atom is 0.260 e. The van der Waals surface area contributed by atoms with Crippen molar-refractivity contribution in [3.8, 4) is 5.75 Å². The number of amides is 1. The lowest BCUT2D eigenvalue weighted by molar-refractivity contribution is 0.0985. The molecule has 0 saturated carbocycles. The number of ether oxygens (including phenoxy) is 1. The summed E-state index contributed by atoms with van der Waals surface area (Å²) < 4.78 is 9.58. The van der Waals surface area contributed by atoms with Crippen LogP contribution in [0, 0.1) is 13.8 Å². The highest BCUT2D eigenvalue weighted by atomic mass is 79.9. The van der Waals surface area contributed by atoms with Gasteiger partial charge < -0.3 is 4.74 Å². The fourth-order valence-corrected chi connectivity index (χ4v) is 4.70. The van der Waals surface area contributed by atoms with E-state index in [2.05, 4.69) is 21.0 Å². The van der Waals surface area contributed by atoms with Crippen LogP contribution in [0.4, 0.5) is 5.13 Å². The lowest BCUT2D eigenvalue weighted by Crippen LogP contribution is -2.34. The van der Waals surface area contributed by atoms with Gasteiger partial charge in [0.25, 0.3) is 5.91 Å². The molecular formula is C23H23BrN4O2S. The molecule has 0 saturated heterocycles. The standard InChI is InChI=1S/C23H23BrN4O2S/c1-4-30-19-6-5-7-20-21(19)25-23(31-20)27(12-13-28-16(3)14-15(2)26-28)22(29)17-8-10-18(24)11-9-17/h5-11,14H,4,12-13H2,1-3H3. The summed E-state index contributed by atoms with van der Waals surface area (Å²) in [4.78, 5) is 20.0. The Labute approximate surface area is 193 Å². The van der Waals surface area contributed by atoms with E-state index in [0.717, 1.165) is 31.8 Å². The third kappa shape index (κ3) is 4.65. The number of carbonyl (C=O) groups excluding carboxylic acids is 1. The molecule has 0 N–H and O–H groups in total. The first-order chi connectivity index (χ1) is 15.0. The summed E-state index contributed by atoms with van der Waals surface area (Å²) in [5.74, 6) is 0.642. The highest BCUT2D eigenvalue weighted by molar-refractivity contribution is 9.10. The first-order valence-electron chi connectivity index (χ1n) is 10.1. The quantitative estimate of drug-likeness (QED) is 0.331. The SMILES string of the molecule is CCOc1cccc2sc(N(CCn3nc(C)cc3C)C(=O)c3ccc(Br)cc3)nc12. The van der Waals surface area contributed by atoms with Crippen LogP contribution in [0.25, 0.3) is 10.2 Å². The van der Waals surface area contributed by atoms with Gasteiger partial charge in [-0.1, -0.05) is 33.3 Å². The summed E-state index contributed by atoms with van der Waals surface area (Å²) in [5.41, 5.74) is 3.42. The van der Waals surface area contributed by atoms with Crippen LogP contribution in [0.15, 0.2) is 53.0 Å². The molecule has 0 fully saturated rings. The summed E-state index contributed by atoms with van der Waals surface area (Å²) in [6.07, 6.45) is 0. The molecule has 0 bridgehead atoms. The number of rotatable bonds is 7. The molecule has 2 heterocycles. The van der Waals surface area contributed by atoms with E-state index < -0.39 is 0 Å². The predicted molar refractivity (Wildman–Crippen MR) is 128 cm³/mol. The van der Waals surface area contributed by atoms with Crippen molar-refractivity contribution in [1.82, 2.24) is 14.8 Å². The van der Waals surface area contributed by atoms with E-state index in [1.807, 2.05) is 74.0 Å². The first-order valence-corrected chi connectivity index (χ1v) is 11.7. The van der Waals surface area contributed by atoms with Crippen LogP contribution in [0.3, 0.4) is 0 Å². The molecule has 0 aliphatic rings. The van der Waals surface area contributed by atoms with E-state index in [-0.39, 0.29) is 5.91 Å². The van der Waals surface area contributed by atoms with Crippen LogP contribution in [0.2, 0.25) is 0 Å². The molecule has 0 atom stereocenters. The van der Waals surface area contributed by atoms with Crippen molar-refractivity contribution in [2.75, 3.05) is 18.1 Å². The van der Waals surface area contributed by atoms with E-state index in [1.54, 1.807) is 4.90 Å². The van der Waals surface area contributed by atoms with E-state index in [1.165, 1.54) is 11.3 Å². The van der Waals surface area contributed by atoms with Gasteiger partial charge in [-0.15, -0.1) is 0 Å². The van der Waals surface area contributed by atoms with E-state index in [9.17, 15) is 4.79 Å². The number of carbonyl (C=O) groups is 1. The molecular weight excluding hydrogens is 476 g/mol. The van der Waals surface area contributed by atoms with Gasteiger partial charge in [-0.25, -0.2) is 4.98 Å². The topological polar surface area (TPSA) is 60.2 Å². The minimum absolute atomic E-state index is 0.0916. The molecule has 2 aromatic heterocycles. The van der Waals surface area contributed by atoms with Gasteiger partial charge in [-0.3, -0.25) is 14.4 Å². The Morgan fingerprint density at radius 3 is 2.65 bits per heavy atom. The van der Waals surface area contributed by atoms with Crippen molar-refractivity contribution >= 4 is 48.5 Å². The van der Waals surface area contributed by atoms with Crippen LogP contribution < -0.4 is 9.64 Å². The average molecular weight is 499 g/mol. The van der Waals surface area contributed by atoms with Crippen molar-refractivity contribution in [2.45, 2.75) is 27.3 Å². The number of aromatic nitrogens is 3. The fraction of sp³-hybridized carbons (Fsp3) is 0.261.